The van der Waals surface area contributed by atoms with Gasteiger partial charge >= 0.3 is 0 Å². The summed E-state index contributed by atoms with van der Waals surface area (Å²) < 4.78 is 6.02. The minimum Gasteiger partial charge on any atom is -0.373 e. The molecule has 0 aromatic rings. The second-order valence-corrected chi connectivity index (χ2v) is 4.61. The van der Waals surface area contributed by atoms with Crippen LogP contribution in [0, 0.1) is 12.3 Å². The molecule has 2 nitrogen and oxygen atoms in total. The number of rotatable bonds is 6. The van der Waals surface area contributed by atoms with Crippen molar-refractivity contribution in [3.8, 4) is 12.3 Å². The van der Waals surface area contributed by atoms with E-state index >= 15 is 0 Å². The first-order chi connectivity index (χ1) is 7.79. The molecule has 0 amide bonds. The first-order valence-electron chi connectivity index (χ1n) is 6.62. The van der Waals surface area contributed by atoms with Crippen molar-refractivity contribution in [2.24, 2.45) is 0 Å². The quantitative estimate of drug-likeness (QED) is 0.699. The van der Waals surface area contributed by atoms with E-state index in [1.807, 2.05) is 0 Å². The highest BCUT2D eigenvalue weighted by Crippen LogP contribution is 2.34. The molecule has 0 radical (unpaired) electrons. The van der Waals surface area contributed by atoms with Gasteiger partial charge in [-0.1, -0.05) is 32.1 Å². The zero-order valence-electron chi connectivity index (χ0n) is 10.7. The fourth-order valence-electron chi connectivity index (χ4n) is 2.64. The zero-order valence-corrected chi connectivity index (χ0v) is 10.7. The predicted molar refractivity (Wildman–Crippen MR) is 68.4 cm³/mol. The minimum atomic E-state index is -0.100. The lowest BCUT2D eigenvalue weighted by atomic mass is 9.79. The van der Waals surface area contributed by atoms with Crippen LogP contribution in [-0.2, 0) is 4.74 Å². The van der Waals surface area contributed by atoms with E-state index in [0.29, 0.717) is 0 Å². The summed E-state index contributed by atoms with van der Waals surface area (Å²) in [6.07, 6.45) is 12.8. The van der Waals surface area contributed by atoms with E-state index < -0.39 is 0 Å². The Morgan fingerprint density at radius 3 is 2.50 bits per heavy atom. The second-order valence-electron chi connectivity index (χ2n) is 4.61. The number of nitrogens with one attached hydrogen (secondary N) is 1. The second kappa shape index (κ2) is 6.93. The summed E-state index contributed by atoms with van der Waals surface area (Å²) in [5.41, 5.74) is -0.100. The van der Waals surface area contributed by atoms with Gasteiger partial charge in [-0.15, -0.1) is 6.42 Å². The van der Waals surface area contributed by atoms with E-state index in [1.165, 1.54) is 19.3 Å². The van der Waals surface area contributed by atoms with Crippen molar-refractivity contribution in [1.82, 2.24) is 5.32 Å². The van der Waals surface area contributed by atoms with Gasteiger partial charge in [-0.05, 0) is 32.7 Å². The number of terminal acetylenes is 1. The SMILES string of the molecule is C#CC(NCCC)C1(OCC)CCCCC1. The van der Waals surface area contributed by atoms with Crippen LogP contribution >= 0.6 is 0 Å². The molecule has 1 aliphatic carbocycles. The van der Waals surface area contributed by atoms with E-state index in [0.717, 1.165) is 32.4 Å². The fourth-order valence-corrected chi connectivity index (χ4v) is 2.64. The maximum Gasteiger partial charge on any atom is 0.0981 e. The van der Waals surface area contributed by atoms with E-state index in [1.54, 1.807) is 0 Å². The average Bonchev–Trinajstić information content (AvgIpc) is 2.31. The van der Waals surface area contributed by atoms with E-state index in [9.17, 15) is 0 Å². The van der Waals surface area contributed by atoms with Crippen molar-refractivity contribution in [2.75, 3.05) is 13.2 Å². The summed E-state index contributed by atoms with van der Waals surface area (Å²) >= 11 is 0. The van der Waals surface area contributed by atoms with Gasteiger partial charge in [0.05, 0.1) is 11.6 Å². The molecular weight excluding hydrogens is 198 g/mol. The summed E-state index contributed by atoms with van der Waals surface area (Å²) in [6.45, 7) is 5.95. The Morgan fingerprint density at radius 1 is 1.31 bits per heavy atom. The lowest BCUT2D eigenvalue weighted by Crippen LogP contribution is -2.53. The number of ether oxygens (including phenoxy) is 1. The Bertz CT molecular complexity index is 220. The van der Waals surface area contributed by atoms with Crippen LogP contribution < -0.4 is 5.32 Å². The molecule has 16 heavy (non-hydrogen) atoms. The number of hydrogen-bond acceptors (Lipinski definition) is 2. The first-order valence-corrected chi connectivity index (χ1v) is 6.62. The van der Waals surface area contributed by atoms with Crippen LogP contribution in [0.3, 0.4) is 0 Å². The molecule has 1 aliphatic rings. The Balaban J connectivity index is 2.68. The maximum atomic E-state index is 6.02. The normalized spacial score (nSPS) is 21.3. The van der Waals surface area contributed by atoms with Gasteiger partial charge in [-0.3, -0.25) is 0 Å². The van der Waals surface area contributed by atoms with Crippen LogP contribution in [0.2, 0.25) is 0 Å². The highest BCUT2D eigenvalue weighted by molar-refractivity contribution is 5.11. The topological polar surface area (TPSA) is 21.3 Å². The van der Waals surface area contributed by atoms with Crippen LogP contribution in [0.4, 0.5) is 0 Å². The maximum absolute atomic E-state index is 6.02. The van der Waals surface area contributed by atoms with Crippen molar-refractivity contribution in [1.29, 1.82) is 0 Å². The molecule has 0 bridgehead atoms. The smallest absolute Gasteiger partial charge is 0.0981 e. The molecule has 1 fully saturated rings. The van der Waals surface area contributed by atoms with Gasteiger partial charge in [-0.25, -0.2) is 0 Å². The largest absolute Gasteiger partial charge is 0.373 e. The Morgan fingerprint density at radius 2 is 2.00 bits per heavy atom. The standard InChI is InChI=1S/C14H25NO/c1-4-12-15-13(5-2)14(16-6-3)10-8-7-9-11-14/h2,13,15H,4,6-12H2,1,3H3. The van der Waals surface area contributed by atoms with Gasteiger partial charge in [0, 0.05) is 6.61 Å². The number of hydrogen-bond donors (Lipinski definition) is 1. The van der Waals surface area contributed by atoms with Gasteiger partial charge in [-0.2, -0.15) is 0 Å². The summed E-state index contributed by atoms with van der Waals surface area (Å²) in [7, 11) is 0. The molecule has 1 atom stereocenters. The van der Waals surface area contributed by atoms with Gasteiger partial charge in [0.25, 0.3) is 0 Å². The minimum absolute atomic E-state index is 0.0766. The van der Waals surface area contributed by atoms with Crippen molar-refractivity contribution in [3.05, 3.63) is 0 Å². The highest BCUT2D eigenvalue weighted by atomic mass is 16.5. The van der Waals surface area contributed by atoms with Gasteiger partial charge < -0.3 is 10.1 Å². The van der Waals surface area contributed by atoms with Crippen molar-refractivity contribution in [3.63, 3.8) is 0 Å². The highest BCUT2D eigenvalue weighted by Gasteiger charge is 2.39. The third kappa shape index (κ3) is 3.23. The third-order valence-corrected chi connectivity index (χ3v) is 3.42. The van der Waals surface area contributed by atoms with Gasteiger partial charge in [0.1, 0.15) is 0 Å². The molecule has 0 aromatic carbocycles. The molecule has 0 saturated heterocycles. The van der Waals surface area contributed by atoms with Crippen LogP contribution in [-0.4, -0.2) is 24.8 Å². The Hall–Kier alpha value is -0.520. The molecule has 0 aliphatic heterocycles. The van der Waals surface area contributed by atoms with Crippen molar-refractivity contribution in [2.45, 2.75) is 64.0 Å². The van der Waals surface area contributed by atoms with E-state index in [4.69, 9.17) is 11.2 Å². The lowest BCUT2D eigenvalue weighted by molar-refractivity contribution is -0.0775. The van der Waals surface area contributed by atoms with Crippen molar-refractivity contribution < 1.29 is 4.74 Å². The third-order valence-electron chi connectivity index (χ3n) is 3.42. The van der Waals surface area contributed by atoms with E-state index in [2.05, 4.69) is 25.1 Å². The molecular formula is C14H25NO. The average molecular weight is 223 g/mol. The molecule has 1 unspecified atom stereocenters. The predicted octanol–water partition coefficient (Wildman–Crippen LogP) is 2.73. The van der Waals surface area contributed by atoms with Crippen LogP contribution in [0.5, 0.6) is 0 Å². The van der Waals surface area contributed by atoms with E-state index in [-0.39, 0.29) is 11.6 Å². The van der Waals surface area contributed by atoms with Crippen LogP contribution in [0.25, 0.3) is 0 Å². The summed E-state index contributed by atoms with van der Waals surface area (Å²) in [4.78, 5) is 0. The first kappa shape index (κ1) is 13.5. The fraction of sp³-hybridized carbons (Fsp3) is 0.857. The van der Waals surface area contributed by atoms with Crippen LogP contribution in [0.1, 0.15) is 52.4 Å². The molecule has 0 spiro atoms. The Kier molecular flexibility index (Phi) is 5.87. The van der Waals surface area contributed by atoms with Gasteiger partial charge in [0.2, 0.25) is 0 Å². The molecule has 2 heteroatoms. The van der Waals surface area contributed by atoms with Crippen LogP contribution in [0.15, 0.2) is 0 Å². The lowest BCUT2D eigenvalue weighted by Gasteiger charge is -2.41. The summed E-state index contributed by atoms with van der Waals surface area (Å²) in [6, 6.07) is 0.0766. The van der Waals surface area contributed by atoms with Gasteiger partial charge in [0.15, 0.2) is 0 Å². The molecule has 1 saturated carbocycles. The molecule has 0 aromatic heterocycles. The molecule has 0 heterocycles. The molecule has 92 valence electrons. The molecule has 1 N–H and O–H groups in total. The zero-order chi connectivity index (χ0) is 11.9. The summed E-state index contributed by atoms with van der Waals surface area (Å²) in [5.74, 6) is 2.90. The monoisotopic (exact) mass is 223 g/mol. The summed E-state index contributed by atoms with van der Waals surface area (Å²) in [5, 5.41) is 3.45. The molecule has 1 rings (SSSR count). The van der Waals surface area contributed by atoms with Crippen molar-refractivity contribution >= 4 is 0 Å². The Labute approximate surface area is 100 Å².